The molecule has 0 rings (SSSR count). The van der Waals surface area contributed by atoms with Crippen LogP contribution in [0.2, 0.25) is 0 Å². The Morgan fingerprint density at radius 2 is 1.86 bits per heavy atom. The molecule has 0 aromatic heterocycles. The number of amides is 1. The Labute approximate surface area is 137 Å². The third-order valence-electron chi connectivity index (χ3n) is 2.85. The average molecular weight is 309 g/mol. The molecule has 3 nitrogen and oxygen atoms in total. The predicted molar refractivity (Wildman–Crippen MR) is 96.7 cm³/mol. The van der Waals surface area contributed by atoms with Gasteiger partial charge in [0.05, 0.1) is 13.5 Å². The number of nitrogens with one attached hydrogen (secondary N) is 1. The quantitative estimate of drug-likeness (QED) is 0.506. The maximum atomic E-state index is 12.2. The van der Waals surface area contributed by atoms with Crippen LogP contribution in [0.5, 0.6) is 0 Å². The number of rotatable bonds is 8. The Balaban J connectivity index is 0. The maximum absolute atomic E-state index is 12.2. The Morgan fingerprint density at radius 3 is 2.23 bits per heavy atom. The van der Waals surface area contributed by atoms with Gasteiger partial charge in [0.2, 0.25) is 5.91 Å². The van der Waals surface area contributed by atoms with E-state index in [0.717, 1.165) is 12.0 Å². The molecule has 0 heterocycles. The van der Waals surface area contributed by atoms with Crippen LogP contribution in [0, 0.1) is 5.92 Å². The lowest BCUT2D eigenvalue weighted by molar-refractivity contribution is -0.122. The second-order valence-corrected chi connectivity index (χ2v) is 6.00. The molecule has 0 aliphatic heterocycles. The minimum Gasteiger partial charge on any atom is -0.496 e. The molecule has 0 fully saturated rings. The number of hydrogen-bond acceptors (Lipinski definition) is 2. The van der Waals surface area contributed by atoms with Crippen LogP contribution in [0.1, 0.15) is 61.3 Å². The van der Waals surface area contributed by atoms with Crippen LogP contribution in [0.25, 0.3) is 0 Å². The van der Waals surface area contributed by atoms with Gasteiger partial charge in [-0.25, -0.2) is 0 Å². The molecule has 0 aromatic carbocycles. The molecular formula is C19H35NO2. The zero-order valence-corrected chi connectivity index (χ0v) is 15.7. The molecule has 0 aromatic rings. The highest BCUT2D eigenvalue weighted by Crippen LogP contribution is 2.18. The molecule has 0 atom stereocenters. The zero-order valence-electron chi connectivity index (χ0n) is 15.7. The van der Waals surface area contributed by atoms with Crippen LogP contribution >= 0.6 is 0 Å². The summed E-state index contributed by atoms with van der Waals surface area (Å²) >= 11 is 0. The summed E-state index contributed by atoms with van der Waals surface area (Å²) in [6.07, 6.45) is 6.61. The lowest BCUT2D eigenvalue weighted by Crippen LogP contribution is -2.44. The van der Waals surface area contributed by atoms with E-state index in [1.165, 1.54) is 0 Å². The molecule has 3 heteroatoms. The van der Waals surface area contributed by atoms with Crippen molar-refractivity contribution >= 4 is 5.91 Å². The van der Waals surface area contributed by atoms with Crippen molar-refractivity contribution in [2.45, 2.75) is 66.8 Å². The summed E-state index contributed by atoms with van der Waals surface area (Å²) in [7, 11) is 1.60. The lowest BCUT2D eigenvalue weighted by Gasteiger charge is -2.28. The minimum atomic E-state index is -0.203. The average Bonchev–Trinajstić information content (AvgIpc) is 2.42. The second-order valence-electron chi connectivity index (χ2n) is 6.00. The van der Waals surface area contributed by atoms with E-state index in [1.807, 2.05) is 46.8 Å². The monoisotopic (exact) mass is 309 g/mol. The highest BCUT2D eigenvalue weighted by molar-refractivity contribution is 5.80. The van der Waals surface area contributed by atoms with Crippen LogP contribution in [0.15, 0.2) is 36.1 Å². The summed E-state index contributed by atoms with van der Waals surface area (Å²) in [5, 5.41) is 3.07. The first-order valence-corrected chi connectivity index (χ1v) is 8.09. The first-order chi connectivity index (χ1) is 10.3. The molecule has 0 saturated carbocycles. The van der Waals surface area contributed by atoms with E-state index in [-0.39, 0.29) is 17.9 Å². The second kappa shape index (κ2) is 12.1. The number of carbonyl (C=O) groups excluding carboxylic acids is 1. The normalized spacial score (nSPS) is 12.4. The molecule has 22 heavy (non-hydrogen) atoms. The molecule has 0 saturated heterocycles. The fraction of sp³-hybridized carbons (Fsp3) is 0.632. The van der Waals surface area contributed by atoms with E-state index in [2.05, 4.69) is 25.7 Å². The molecule has 128 valence electrons. The lowest BCUT2D eigenvalue weighted by atomic mass is 9.92. The van der Waals surface area contributed by atoms with Crippen LogP contribution in [-0.4, -0.2) is 18.6 Å². The van der Waals surface area contributed by atoms with Gasteiger partial charge >= 0.3 is 0 Å². The largest absolute Gasteiger partial charge is 0.496 e. The summed E-state index contributed by atoms with van der Waals surface area (Å²) in [5.74, 6) is 1.21. The fourth-order valence-corrected chi connectivity index (χ4v) is 2.38. The number of ether oxygens (including phenoxy) is 1. The van der Waals surface area contributed by atoms with Crippen molar-refractivity contribution in [3.8, 4) is 0 Å². The van der Waals surface area contributed by atoms with Gasteiger partial charge in [0, 0.05) is 11.1 Å². The van der Waals surface area contributed by atoms with Crippen LogP contribution < -0.4 is 5.32 Å². The predicted octanol–water partition coefficient (Wildman–Crippen LogP) is 5.01. The third-order valence-corrected chi connectivity index (χ3v) is 2.85. The van der Waals surface area contributed by atoms with E-state index in [1.54, 1.807) is 13.2 Å². The summed E-state index contributed by atoms with van der Waals surface area (Å²) < 4.78 is 5.28. The molecule has 0 aliphatic rings. The van der Waals surface area contributed by atoms with Gasteiger partial charge in [0.1, 0.15) is 5.76 Å². The summed E-state index contributed by atoms with van der Waals surface area (Å²) in [5.41, 5.74) is 0.592. The molecular weight excluding hydrogens is 274 g/mol. The Bertz CT molecular complexity index is 390. The van der Waals surface area contributed by atoms with Gasteiger partial charge < -0.3 is 10.1 Å². The Kier molecular flexibility index (Phi) is 12.5. The minimum absolute atomic E-state index is 0.00963. The van der Waals surface area contributed by atoms with Gasteiger partial charge in [0.15, 0.2) is 0 Å². The Morgan fingerprint density at radius 1 is 1.32 bits per heavy atom. The van der Waals surface area contributed by atoms with Crippen LogP contribution in [0.3, 0.4) is 0 Å². The van der Waals surface area contributed by atoms with E-state index in [9.17, 15) is 4.79 Å². The van der Waals surface area contributed by atoms with Crippen molar-refractivity contribution in [2.24, 2.45) is 5.92 Å². The number of hydrogen-bond donors (Lipinski definition) is 1. The fourth-order valence-electron chi connectivity index (χ4n) is 2.38. The van der Waals surface area contributed by atoms with Gasteiger partial charge in [0.25, 0.3) is 0 Å². The van der Waals surface area contributed by atoms with Crippen molar-refractivity contribution < 1.29 is 9.53 Å². The van der Waals surface area contributed by atoms with E-state index < -0.39 is 0 Å². The molecule has 0 radical (unpaired) electrons. The van der Waals surface area contributed by atoms with Gasteiger partial charge in [-0.05, 0) is 39.2 Å². The highest BCUT2D eigenvalue weighted by atomic mass is 16.5. The van der Waals surface area contributed by atoms with E-state index in [0.29, 0.717) is 11.7 Å². The van der Waals surface area contributed by atoms with Crippen molar-refractivity contribution in [1.29, 1.82) is 0 Å². The smallest absolute Gasteiger partial charge is 0.224 e. The van der Waals surface area contributed by atoms with Crippen molar-refractivity contribution in [1.82, 2.24) is 5.32 Å². The summed E-state index contributed by atoms with van der Waals surface area (Å²) in [6.45, 7) is 18.1. The van der Waals surface area contributed by atoms with E-state index in [4.69, 9.17) is 4.74 Å². The van der Waals surface area contributed by atoms with Gasteiger partial charge in [-0.3, -0.25) is 4.79 Å². The maximum Gasteiger partial charge on any atom is 0.224 e. The van der Waals surface area contributed by atoms with Gasteiger partial charge in [-0.15, -0.1) is 0 Å². The van der Waals surface area contributed by atoms with Crippen molar-refractivity contribution in [3.05, 3.63) is 36.1 Å². The summed E-state index contributed by atoms with van der Waals surface area (Å²) in [6, 6.07) is 0. The standard InChI is InChI=1S/C17H29NO2.C2H6/c1-8-10-15(20-7)14(9-2)11-16(19)18-17(5,6)12-13(3)4;1-2/h8-10,13H,2,11-12H2,1,3-7H3,(H,18,19);1-2H3/b10-8-,15-14-;. The molecule has 0 bridgehead atoms. The SMILES string of the molecule is C=C/C(CC(=O)NC(C)(C)CC(C)C)=C(\C=C/C)OC.CC. The Hall–Kier alpha value is -1.51. The van der Waals surface area contributed by atoms with Crippen LogP contribution in [-0.2, 0) is 9.53 Å². The molecule has 0 aliphatic carbocycles. The first kappa shape index (κ1) is 22.8. The van der Waals surface area contributed by atoms with Crippen molar-refractivity contribution in [2.75, 3.05) is 7.11 Å². The van der Waals surface area contributed by atoms with Gasteiger partial charge in [-0.2, -0.15) is 0 Å². The van der Waals surface area contributed by atoms with Gasteiger partial charge in [-0.1, -0.05) is 46.4 Å². The van der Waals surface area contributed by atoms with Crippen molar-refractivity contribution in [3.63, 3.8) is 0 Å². The highest BCUT2D eigenvalue weighted by Gasteiger charge is 2.22. The number of allylic oxidation sites excluding steroid dienone is 3. The summed E-state index contributed by atoms with van der Waals surface area (Å²) in [4.78, 5) is 12.2. The van der Waals surface area contributed by atoms with E-state index >= 15 is 0 Å². The molecule has 1 amide bonds. The number of methoxy groups -OCH3 is 1. The number of carbonyl (C=O) groups is 1. The topological polar surface area (TPSA) is 38.3 Å². The molecule has 1 N–H and O–H groups in total. The third kappa shape index (κ3) is 10.3. The molecule has 0 spiro atoms. The van der Waals surface area contributed by atoms with Crippen LogP contribution in [0.4, 0.5) is 0 Å². The zero-order chi connectivity index (χ0) is 17.8. The first-order valence-electron chi connectivity index (χ1n) is 8.09. The molecule has 0 unspecified atom stereocenters.